The van der Waals surface area contributed by atoms with E-state index < -0.39 is 0 Å². The molecule has 0 amide bonds. The molecular weight excluding hydrogens is 1190 g/mol. The van der Waals surface area contributed by atoms with Crippen LogP contribution in [0.4, 0.5) is 0 Å². The highest BCUT2D eigenvalue weighted by atomic mass is 15.0. The van der Waals surface area contributed by atoms with Crippen molar-refractivity contribution < 1.29 is 0 Å². The van der Waals surface area contributed by atoms with Crippen LogP contribution in [0.25, 0.3) is 167 Å². The predicted octanol–water partition coefficient (Wildman–Crippen LogP) is 22.4. The Hall–Kier alpha value is -13.8. The van der Waals surface area contributed by atoms with E-state index in [1.165, 1.54) is 0 Å². The van der Waals surface area contributed by atoms with E-state index in [0.717, 1.165) is 150 Å². The zero-order valence-electron chi connectivity index (χ0n) is 52.8. The standard InChI is InChI=1S/C90H54N8/c91-55-58-16-13-27-67(42-58)65-30-32-66(33-31-65)88-94-89(76-45-74(68-28-14-17-59(43-68)56-92)47-78(49-76)97-84-38-34-70(61-19-5-1-6-20-61)51-80(84)81-52-71(35-39-85(81)97)62-21-7-2-8-22-62)96-90(95-88)77-46-75(69-29-15-18-60(44-69)57-93)48-79(50-77)98-86-40-36-72(63-23-9-3-10-24-63)53-82(86)83-54-73(37-41-87(83)98)64-25-11-4-12-26-64/h1-54H. The molecule has 0 saturated carbocycles. The molecule has 0 N–H and O–H groups in total. The van der Waals surface area contributed by atoms with Crippen LogP contribution in [0, 0.1) is 34.0 Å². The molecule has 0 aliphatic heterocycles. The van der Waals surface area contributed by atoms with E-state index in [1.807, 2.05) is 121 Å². The van der Waals surface area contributed by atoms with Gasteiger partial charge in [-0.1, -0.05) is 206 Å². The first kappa shape index (κ1) is 58.0. The minimum absolute atomic E-state index is 0.422. The van der Waals surface area contributed by atoms with E-state index in [1.54, 1.807) is 0 Å². The van der Waals surface area contributed by atoms with Crippen molar-refractivity contribution in [1.29, 1.82) is 15.8 Å². The van der Waals surface area contributed by atoms with E-state index in [2.05, 4.69) is 234 Å². The van der Waals surface area contributed by atoms with Gasteiger partial charge in [0.15, 0.2) is 17.5 Å². The number of hydrogen-bond acceptors (Lipinski definition) is 6. The van der Waals surface area contributed by atoms with E-state index >= 15 is 0 Å². The summed E-state index contributed by atoms with van der Waals surface area (Å²) in [6.45, 7) is 0. The van der Waals surface area contributed by atoms with Gasteiger partial charge in [-0.15, -0.1) is 0 Å². The maximum absolute atomic E-state index is 10.4. The van der Waals surface area contributed by atoms with Crippen LogP contribution in [0.2, 0.25) is 0 Å². The third-order valence-electron chi connectivity index (χ3n) is 18.6. The summed E-state index contributed by atoms with van der Waals surface area (Å²) in [7, 11) is 0. The molecule has 0 fully saturated rings. The van der Waals surface area contributed by atoms with Gasteiger partial charge in [0.05, 0.1) is 57.0 Å². The fourth-order valence-electron chi connectivity index (χ4n) is 13.8. The fraction of sp³-hybridized carbons (Fsp3) is 0. The van der Waals surface area contributed by atoms with Crippen LogP contribution in [-0.2, 0) is 0 Å². The molecule has 0 saturated heterocycles. The van der Waals surface area contributed by atoms with Gasteiger partial charge in [-0.05, 0) is 199 Å². The van der Waals surface area contributed by atoms with Crippen molar-refractivity contribution >= 4 is 43.6 Å². The molecule has 3 heterocycles. The minimum atomic E-state index is 0.422. The van der Waals surface area contributed by atoms with Gasteiger partial charge in [0, 0.05) is 49.6 Å². The van der Waals surface area contributed by atoms with Crippen molar-refractivity contribution in [2.45, 2.75) is 0 Å². The lowest BCUT2D eigenvalue weighted by atomic mass is 9.99. The third kappa shape index (κ3) is 10.8. The zero-order valence-corrected chi connectivity index (χ0v) is 52.8. The van der Waals surface area contributed by atoms with Gasteiger partial charge in [0.2, 0.25) is 0 Å². The van der Waals surface area contributed by atoms with Gasteiger partial charge in [0.25, 0.3) is 0 Å². The maximum Gasteiger partial charge on any atom is 0.164 e. The molecule has 0 radical (unpaired) electrons. The number of rotatable bonds is 12. The number of benzene rings is 14. The smallest absolute Gasteiger partial charge is 0.164 e. The second kappa shape index (κ2) is 24.6. The Balaban J connectivity index is 0.920. The topological polar surface area (TPSA) is 120 Å². The Morgan fingerprint density at radius 3 is 0.755 bits per heavy atom. The van der Waals surface area contributed by atoms with Crippen molar-refractivity contribution in [3.8, 4) is 142 Å². The lowest BCUT2D eigenvalue weighted by Crippen LogP contribution is -2.03. The molecule has 8 heteroatoms. The van der Waals surface area contributed by atoms with Crippen molar-refractivity contribution in [1.82, 2.24) is 24.1 Å². The molecule has 0 aliphatic carbocycles. The molecule has 3 aromatic heterocycles. The number of nitrogens with zero attached hydrogens (tertiary/aromatic N) is 8. The first-order valence-corrected chi connectivity index (χ1v) is 32.4. The van der Waals surface area contributed by atoms with Gasteiger partial charge >= 0.3 is 0 Å². The fourth-order valence-corrected chi connectivity index (χ4v) is 13.8. The van der Waals surface area contributed by atoms with Crippen molar-refractivity contribution in [3.05, 3.63) is 344 Å². The molecule has 0 spiro atoms. The van der Waals surface area contributed by atoms with Gasteiger partial charge in [-0.25, -0.2) is 15.0 Å². The largest absolute Gasteiger partial charge is 0.309 e. The summed E-state index contributed by atoms with van der Waals surface area (Å²) in [5, 5.41) is 35.0. The number of aromatic nitrogens is 5. The molecule has 0 unspecified atom stereocenters. The SMILES string of the molecule is N#Cc1cccc(-c2ccc(-c3nc(-c4cc(-c5cccc(C#N)c5)cc(-n5c6ccc(-c7ccccc7)cc6c6cc(-c7ccccc7)ccc65)c4)nc(-c4cc(-c5cccc(C#N)c5)cc(-n5c6ccc(-c7ccccc7)cc6c6cc(-c7ccccc7)ccc65)c4)n3)cc2)c1. The Kier molecular flexibility index (Phi) is 14.5. The Morgan fingerprint density at radius 2 is 0.439 bits per heavy atom. The molecule has 17 aromatic rings. The minimum Gasteiger partial charge on any atom is -0.309 e. The zero-order chi connectivity index (χ0) is 65.6. The quantitative estimate of drug-likeness (QED) is 0.120. The normalized spacial score (nSPS) is 11.2. The molecule has 98 heavy (non-hydrogen) atoms. The van der Waals surface area contributed by atoms with Gasteiger partial charge in [-0.3, -0.25) is 0 Å². The highest BCUT2D eigenvalue weighted by Crippen LogP contribution is 2.43. The molecule has 8 nitrogen and oxygen atoms in total. The van der Waals surface area contributed by atoms with Crippen LogP contribution in [0.1, 0.15) is 16.7 Å². The predicted molar refractivity (Wildman–Crippen MR) is 397 cm³/mol. The molecule has 454 valence electrons. The number of nitriles is 3. The van der Waals surface area contributed by atoms with Gasteiger partial charge in [0.1, 0.15) is 0 Å². The molecular formula is C90H54N8. The van der Waals surface area contributed by atoms with Crippen LogP contribution >= 0.6 is 0 Å². The molecule has 0 atom stereocenters. The summed E-state index contributed by atoms with van der Waals surface area (Å²) < 4.78 is 4.67. The Morgan fingerprint density at radius 1 is 0.194 bits per heavy atom. The second-order valence-corrected chi connectivity index (χ2v) is 24.6. The maximum atomic E-state index is 10.4. The summed E-state index contributed by atoms with van der Waals surface area (Å²) in [5.41, 5.74) is 23.8. The van der Waals surface area contributed by atoms with E-state index in [-0.39, 0.29) is 0 Å². The highest BCUT2D eigenvalue weighted by molar-refractivity contribution is 6.13. The Labute approximate surface area is 566 Å². The number of hydrogen-bond donors (Lipinski definition) is 0. The first-order chi connectivity index (χ1) is 48.4. The highest BCUT2D eigenvalue weighted by Gasteiger charge is 2.23. The average Bonchev–Trinajstić information content (AvgIpc) is 1.59. The summed E-state index contributed by atoms with van der Waals surface area (Å²) in [6.07, 6.45) is 0. The second-order valence-electron chi connectivity index (χ2n) is 24.6. The van der Waals surface area contributed by atoms with Crippen LogP contribution < -0.4 is 0 Å². The number of fused-ring (bicyclic) bond motifs is 6. The summed E-state index contributed by atoms with van der Waals surface area (Å²) in [5.74, 6) is 1.29. The lowest BCUT2D eigenvalue weighted by molar-refractivity contribution is 1.07. The van der Waals surface area contributed by atoms with Crippen LogP contribution in [0.15, 0.2) is 328 Å². The lowest BCUT2D eigenvalue weighted by Gasteiger charge is -2.16. The van der Waals surface area contributed by atoms with Crippen LogP contribution in [0.5, 0.6) is 0 Å². The van der Waals surface area contributed by atoms with Crippen molar-refractivity contribution in [2.24, 2.45) is 0 Å². The van der Waals surface area contributed by atoms with Gasteiger partial charge < -0.3 is 9.13 Å². The van der Waals surface area contributed by atoms with E-state index in [4.69, 9.17) is 15.0 Å². The molecule has 14 aromatic carbocycles. The van der Waals surface area contributed by atoms with Gasteiger partial charge in [-0.2, -0.15) is 15.8 Å². The monoisotopic (exact) mass is 1250 g/mol. The summed E-state index contributed by atoms with van der Waals surface area (Å²) >= 11 is 0. The van der Waals surface area contributed by atoms with E-state index in [0.29, 0.717) is 34.2 Å². The molecule has 0 bridgehead atoms. The molecule has 17 rings (SSSR count). The first-order valence-electron chi connectivity index (χ1n) is 32.4. The van der Waals surface area contributed by atoms with Crippen molar-refractivity contribution in [3.63, 3.8) is 0 Å². The average molecular weight is 1250 g/mol. The van der Waals surface area contributed by atoms with Crippen LogP contribution in [-0.4, -0.2) is 24.1 Å². The third-order valence-corrected chi connectivity index (χ3v) is 18.6. The van der Waals surface area contributed by atoms with E-state index in [9.17, 15) is 15.8 Å². The Bertz CT molecular complexity index is 5610. The van der Waals surface area contributed by atoms with Crippen molar-refractivity contribution in [2.75, 3.05) is 0 Å². The summed E-state index contributed by atoms with van der Waals surface area (Å²) in [6, 6.07) is 120. The van der Waals surface area contributed by atoms with Crippen LogP contribution in [0.3, 0.4) is 0 Å². The molecule has 0 aliphatic rings. The summed E-state index contributed by atoms with van der Waals surface area (Å²) in [4.78, 5) is 16.6.